The number of rotatable bonds is 9. The lowest BCUT2D eigenvalue weighted by Crippen LogP contribution is -2.09. The van der Waals surface area contributed by atoms with Crippen molar-refractivity contribution in [1.29, 1.82) is 0 Å². The number of hydrogen-bond acceptors (Lipinski definition) is 2. The van der Waals surface area contributed by atoms with Crippen molar-refractivity contribution >= 4 is 60.8 Å². The Morgan fingerprint density at radius 2 is 0.623 bits per heavy atom. The summed E-state index contributed by atoms with van der Waals surface area (Å²) in [6, 6.07) is 96.1. The molecule has 0 atom stereocenters. The molecule has 3 nitrogen and oxygen atoms in total. The Labute approximate surface area is 401 Å². The zero-order valence-electron chi connectivity index (χ0n) is 37.7. The van der Waals surface area contributed by atoms with E-state index in [1.807, 2.05) is 12.1 Å². The molecule has 0 bridgehead atoms. The number of hydrogen-bond donors (Lipinski definition) is 0. The molecule has 0 saturated carbocycles. The van der Waals surface area contributed by atoms with E-state index in [9.17, 15) is 0 Å². The van der Waals surface area contributed by atoms with Crippen LogP contribution in [0.15, 0.2) is 271 Å². The summed E-state index contributed by atoms with van der Waals surface area (Å²) < 4.78 is 8.62. The number of para-hydroxylation sites is 3. The van der Waals surface area contributed by atoms with Crippen LogP contribution in [0.4, 0.5) is 17.1 Å². The van der Waals surface area contributed by atoms with Crippen LogP contribution in [0.2, 0.25) is 0 Å². The fourth-order valence-corrected chi connectivity index (χ4v) is 10.2. The normalized spacial score (nSPS) is 11.5. The molecule has 0 saturated heterocycles. The number of furan rings is 1. The Kier molecular flexibility index (Phi) is 9.84. The molecule has 0 N–H and O–H groups in total. The van der Waals surface area contributed by atoms with Gasteiger partial charge in [0.2, 0.25) is 0 Å². The molecule has 0 unspecified atom stereocenters. The molecule has 3 heteroatoms. The highest BCUT2D eigenvalue weighted by Crippen LogP contribution is 2.40. The third-order valence-corrected chi connectivity index (χ3v) is 13.6. The Balaban J connectivity index is 0.797. The quantitative estimate of drug-likeness (QED) is 0.144. The van der Waals surface area contributed by atoms with Crippen LogP contribution in [-0.4, -0.2) is 4.57 Å². The van der Waals surface area contributed by atoms with Crippen LogP contribution in [0.5, 0.6) is 0 Å². The third kappa shape index (κ3) is 7.34. The van der Waals surface area contributed by atoms with Crippen molar-refractivity contribution in [3.05, 3.63) is 267 Å². The van der Waals surface area contributed by atoms with Gasteiger partial charge >= 0.3 is 0 Å². The fourth-order valence-electron chi connectivity index (χ4n) is 10.2. The van der Waals surface area contributed by atoms with Gasteiger partial charge < -0.3 is 13.9 Å². The largest absolute Gasteiger partial charge is 0.456 e. The predicted molar refractivity (Wildman–Crippen MR) is 290 cm³/mol. The van der Waals surface area contributed by atoms with Gasteiger partial charge in [0.25, 0.3) is 0 Å². The summed E-state index contributed by atoms with van der Waals surface area (Å²) in [5.41, 5.74) is 20.3. The van der Waals surface area contributed by atoms with Crippen molar-refractivity contribution in [2.45, 2.75) is 0 Å². The standard InChI is InChI=1S/C66H44N2O/c1-2-12-45(13-3-1)47-28-35-55(36-29-47)67(57-39-32-50(33-40-57)51-14-10-15-52(42-51)54-34-41-62-61-20-6-9-23-65(61)69-66(62)44-54)56-37-30-48(31-38-56)46-24-26-49(27-25-46)53-16-11-17-58(43-53)68-63-21-7-4-18-59(63)60-19-5-8-22-64(60)68/h1-44H. The first-order valence-electron chi connectivity index (χ1n) is 23.6. The molecule has 0 aliphatic rings. The monoisotopic (exact) mass is 880 g/mol. The highest BCUT2D eigenvalue weighted by Gasteiger charge is 2.16. The van der Waals surface area contributed by atoms with Crippen molar-refractivity contribution in [2.24, 2.45) is 0 Å². The Bertz CT molecular complexity index is 3920. The first-order valence-corrected chi connectivity index (χ1v) is 23.6. The van der Waals surface area contributed by atoms with Crippen molar-refractivity contribution < 1.29 is 4.42 Å². The van der Waals surface area contributed by atoms with Gasteiger partial charge in [-0.3, -0.25) is 0 Å². The van der Waals surface area contributed by atoms with Crippen molar-refractivity contribution in [2.75, 3.05) is 4.90 Å². The number of anilines is 3. The topological polar surface area (TPSA) is 21.3 Å². The van der Waals surface area contributed by atoms with Crippen LogP contribution in [0.1, 0.15) is 0 Å². The average molecular weight is 881 g/mol. The average Bonchev–Trinajstić information content (AvgIpc) is 3.97. The molecule has 2 aromatic heterocycles. The molecular formula is C66H44N2O. The van der Waals surface area contributed by atoms with Gasteiger partial charge in [0, 0.05) is 44.3 Å². The SMILES string of the molecule is c1ccc(-c2ccc(N(c3ccc(-c4ccc(-c5cccc(-n6c7ccccc7c7ccccc76)c5)cc4)cc3)c3ccc(-c4cccc(-c5ccc6c(c5)oc5ccccc56)c4)cc3)cc2)cc1. The van der Waals surface area contributed by atoms with E-state index >= 15 is 0 Å². The minimum Gasteiger partial charge on any atom is -0.456 e. The molecule has 13 rings (SSSR count). The zero-order chi connectivity index (χ0) is 45.7. The molecule has 0 aliphatic heterocycles. The highest BCUT2D eigenvalue weighted by molar-refractivity contribution is 6.09. The van der Waals surface area contributed by atoms with E-state index in [4.69, 9.17) is 4.42 Å². The molecule has 11 aromatic carbocycles. The van der Waals surface area contributed by atoms with Crippen LogP contribution >= 0.6 is 0 Å². The van der Waals surface area contributed by atoms with Gasteiger partial charge in [-0.25, -0.2) is 0 Å². The van der Waals surface area contributed by atoms with E-state index in [0.717, 1.165) is 66.9 Å². The molecule has 69 heavy (non-hydrogen) atoms. The first kappa shape index (κ1) is 40.1. The minimum atomic E-state index is 0.903. The number of nitrogens with zero attached hydrogens (tertiary/aromatic N) is 2. The van der Waals surface area contributed by atoms with Gasteiger partial charge in [0.1, 0.15) is 11.2 Å². The second-order valence-corrected chi connectivity index (χ2v) is 17.7. The molecule has 0 amide bonds. The van der Waals surface area contributed by atoms with Crippen molar-refractivity contribution in [3.63, 3.8) is 0 Å². The molecule has 2 heterocycles. The van der Waals surface area contributed by atoms with Crippen LogP contribution in [-0.2, 0) is 0 Å². The summed E-state index contributed by atoms with van der Waals surface area (Å²) in [6.07, 6.45) is 0. The molecule has 0 aliphatic carbocycles. The van der Waals surface area contributed by atoms with Gasteiger partial charge in [0.05, 0.1) is 11.0 Å². The predicted octanol–water partition coefficient (Wildman–Crippen LogP) is 18.5. The van der Waals surface area contributed by atoms with Crippen LogP contribution in [0.25, 0.3) is 105 Å². The zero-order valence-corrected chi connectivity index (χ0v) is 37.7. The molecule has 0 radical (unpaired) electrons. The van der Waals surface area contributed by atoms with Gasteiger partial charge in [-0.1, -0.05) is 182 Å². The van der Waals surface area contributed by atoms with Crippen molar-refractivity contribution in [3.8, 4) is 61.3 Å². The smallest absolute Gasteiger partial charge is 0.136 e. The van der Waals surface area contributed by atoms with Gasteiger partial charge in [-0.15, -0.1) is 0 Å². The Morgan fingerprint density at radius 3 is 1.20 bits per heavy atom. The van der Waals surface area contributed by atoms with Crippen molar-refractivity contribution in [1.82, 2.24) is 4.57 Å². The van der Waals surface area contributed by atoms with E-state index in [0.29, 0.717) is 0 Å². The maximum atomic E-state index is 6.24. The highest BCUT2D eigenvalue weighted by atomic mass is 16.3. The van der Waals surface area contributed by atoms with Gasteiger partial charge in [-0.05, 0) is 141 Å². The third-order valence-electron chi connectivity index (χ3n) is 13.6. The summed E-state index contributed by atoms with van der Waals surface area (Å²) in [6.45, 7) is 0. The number of benzene rings is 11. The minimum absolute atomic E-state index is 0.903. The second-order valence-electron chi connectivity index (χ2n) is 17.7. The Morgan fingerprint density at radius 1 is 0.246 bits per heavy atom. The molecule has 0 fully saturated rings. The lowest BCUT2D eigenvalue weighted by Gasteiger charge is -2.26. The fraction of sp³-hybridized carbons (Fsp3) is 0. The summed E-state index contributed by atoms with van der Waals surface area (Å²) >= 11 is 0. The summed E-state index contributed by atoms with van der Waals surface area (Å²) in [4.78, 5) is 2.34. The number of aromatic nitrogens is 1. The Hall–Kier alpha value is -9.18. The summed E-state index contributed by atoms with van der Waals surface area (Å²) in [7, 11) is 0. The van der Waals surface area contributed by atoms with E-state index in [2.05, 4.69) is 264 Å². The van der Waals surface area contributed by atoms with Crippen LogP contribution in [0, 0.1) is 0 Å². The first-order chi connectivity index (χ1) is 34.2. The second kappa shape index (κ2) is 16.9. The molecule has 324 valence electrons. The summed E-state index contributed by atoms with van der Waals surface area (Å²) in [5.74, 6) is 0. The van der Waals surface area contributed by atoms with E-state index in [1.165, 1.54) is 55.2 Å². The molecule has 0 spiro atoms. The molecular weight excluding hydrogens is 837 g/mol. The van der Waals surface area contributed by atoms with Gasteiger partial charge in [0.15, 0.2) is 0 Å². The maximum absolute atomic E-state index is 6.24. The van der Waals surface area contributed by atoms with Crippen LogP contribution in [0.3, 0.4) is 0 Å². The van der Waals surface area contributed by atoms with Crippen LogP contribution < -0.4 is 4.90 Å². The maximum Gasteiger partial charge on any atom is 0.136 e. The van der Waals surface area contributed by atoms with Gasteiger partial charge in [-0.2, -0.15) is 0 Å². The summed E-state index contributed by atoms with van der Waals surface area (Å²) in [5, 5.41) is 4.81. The van der Waals surface area contributed by atoms with E-state index in [1.54, 1.807) is 0 Å². The lowest BCUT2D eigenvalue weighted by atomic mass is 9.98. The lowest BCUT2D eigenvalue weighted by molar-refractivity contribution is 0.669. The number of fused-ring (bicyclic) bond motifs is 6. The van der Waals surface area contributed by atoms with E-state index in [-0.39, 0.29) is 0 Å². The van der Waals surface area contributed by atoms with E-state index < -0.39 is 0 Å². The molecule has 13 aromatic rings.